The number of nitrogens with zero attached hydrogens (tertiary/aromatic N) is 1. The summed E-state index contributed by atoms with van der Waals surface area (Å²) in [6.45, 7) is 5.29. The summed E-state index contributed by atoms with van der Waals surface area (Å²) in [6.07, 6.45) is -0.471. The Morgan fingerprint density at radius 1 is 1.15 bits per heavy atom. The Morgan fingerprint density at radius 3 is 2.50 bits per heavy atom. The molecule has 136 valence electrons. The number of benzene rings is 2. The lowest BCUT2D eigenvalue weighted by molar-refractivity contribution is -0.128. The van der Waals surface area contributed by atoms with E-state index in [1.165, 1.54) is 10.5 Å². The average Bonchev–Trinajstić information content (AvgIpc) is 2.67. The van der Waals surface area contributed by atoms with Crippen molar-refractivity contribution in [3.8, 4) is 0 Å². The van der Waals surface area contributed by atoms with Crippen molar-refractivity contribution in [1.82, 2.24) is 10.2 Å². The van der Waals surface area contributed by atoms with Gasteiger partial charge in [-0.2, -0.15) is 0 Å². The van der Waals surface area contributed by atoms with Crippen LogP contribution < -0.4 is 5.32 Å². The number of hydrogen-bond donors (Lipinski definition) is 1. The first kappa shape index (κ1) is 18.0. The van der Waals surface area contributed by atoms with Crippen LogP contribution in [0.25, 0.3) is 0 Å². The molecule has 0 radical (unpaired) electrons. The van der Waals surface area contributed by atoms with Crippen LogP contribution in [0.15, 0.2) is 54.6 Å². The maximum Gasteiger partial charge on any atom is 0.411 e. The van der Waals surface area contributed by atoms with Crippen molar-refractivity contribution in [2.45, 2.75) is 32.4 Å². The summed E-state index contributed by atoms with van der Waals surface area (Å²) < 4.78 is 5.44. The predicted molar refractivity (Wildman–Crippen MR) is 99.6 cm³/mol. The van der Waals surface area contributed by atoms with Gasteiger partial charge in [-0.1, -0.05) is 68.4 Å². The largest absolute Gasteiger partial charge is 0.445 e. The first-order valence-electron chi connectivity index (χ1n) is 8.91. The lowest BCUT2D eigenvalue weighted by Gasteiger charge is -2.34. The number of hydrogen-bond acceptors (Lipinski definition) is 3. The third-order valence-corrected chi connectivity index (χ3v) is 4.57. The zero-order valence-corrected chi connectivity index (χ0v) is 15.1. The van der Waals surface area contributed by atoms with Crippen molar-refractivity contribution in [1.29, 1.82) is 0 Å². The van der Waals surface area contributed by atoms with Gasteiger partial charge >= 0.3 is 6.09 Å². The summed E-state index contributed by atoms with van der Waals surface area (Å²) in [7, 11) is 0. The van der Waals surface area contributed by atoms with E-state index in [1.807, 2.05) is 54.6 Å². The molecule has 1 atom stereocenters. The van der Waals surface area contributed by atoms with Crippen LogP contribution in [0.1, 0.15) is 42.5 Å². The van der Waals surface area contributed by atoms with Crippen LogP contribution in [0.2, 0.25) is 0 Å². The fourth-order valence-corrected chi connectivity index (χ4v) is 3.06. The van der Waals surface area contributed by atoms with Crippen molar-refractivity contribution in [2.24, 2.45) is 0 Å². The Kier molecular flexibility index (Phi) is 5.56. The number of amides is 2. The normalized spacial score (nSPS) is 17.1. The third-order valence-electron chi connectivity index (χ3n) is 4.57. The Morgan fingerprint density at radius 2 is 1.85 bits per heavy atom. The number of piperazine rings is 1. The van der Waals surface area contributed by atoms with Crippen molar-refractivity contribution in [2.75, 3.05) is 13.1 Å². The van der Waals surface area contributed by atoms with Gasteiger partial charge in [0.15, 0.2) is 0 Å². The molecule has 0 aromatic heterocycles. The Bertz CT molecular complexity index is 757. The molecule has 0 saturated carbocycles. The molecule has 1 saturated heterocycles. The monoisotopic (exact) mass is 352 g/mol. The van der Waals surface area contributed by atoms with Gasteiger partial charge in [-0.3, -0.25) is 9.69 Å². The molecule has 26 heavy (non-hydrogen) atoms. The third kappa shape index (κ3) is 4.04. The molecule has 5 nitrogen and oxygen atoms in total. The fraction of sp³-hybridized carbons (Fsp3) is 0.333. The Hall–Kier alpha value is -2.82. The Balaban J connectivity index is 1.75. The highest BCUT2D eigenvalue weighted by molar-refractivity contribution is 5.88. The molecule has 2 aromatic rings. The second-order valence-electron chi connectivity index (χ2n) is 6.75. The second-order valence-corrected chi connectivity index (χ2v) is 6.75. The summed E-state index contributed by atoms with van der Waals surface area (Å²) in [5.41, 5.74) is 2.91. The maximum atomic E-state index is 12.6. The van der Waals surface area contributed by atoms with Gasteiger partial charge in [0.1, 0.15) is 12.6 Å². The molecule has 1 fully saturated rings. The fourth-order valence-electron chi connectivity index (χ4n) is 3.06. The van der Waals surface area contributed by atoms with Crippen LogP contribution in [-0.4, -0.2) is 30.0 Å². The first-order chi connectivity index (χ1) is 12.6. The number of carbonyl (C=O) groups excluding carboxylic acids is 2. The highest BCUT2D eigenvalue weighted by Gasteiger charge is 2.35. The van der Waals surface area contributed by atoms with Gasteiger partial charge in [0, 0.05) is 13.1 Å². The quantitative estimate of drug-likeness (QED) is 0.914. The van der Waals surface area contributed by atoms with Gasteiger partial charge in [0.25, 0.3) is 0 Å². The van der Waals surface area contributed by atoms with Crippen molar-refractivity contribution in [3.63, 3.8) is 0 Å². The highest BCUT2D eigenvalue weighted by atomic mass is 16.6. The minimum absolute atomic E-state index is 0.176. The van der Waals surface area contributed by atoms with E-state index in [0.29, 0.717) is 19.0 Å². The molecule has 1 unspecified atom stereocenters. The zero-order chi connectivity index (χ0) is 18.5. The van der Waals surface area contributed by atoms with Crippen LogP contribution in [0.4, 0.5) is 4.79 Å². The van der Waals surface area contributed by atoms with E-state index in [1.54, 1.807) is 0 Å². The molecule has 5 heteroatoms. The van der Waals surface area contributed by atoms with Gasteiger partial charge in [-0.15, -0.1) is 0 Å². The molecule has 1 N–H and O–H groups in total. The van der Waals surface area contributed by atoms with Gasteiger partial charge in [-0.25, -0.2) is 4.79 Å². The SMILES string of the molecule is CC(C)c1ccc(C2C(=O)NCCN2C(=O)OCc2ccccc2)cc1. The van der Waals surface area contributed by atoms with E-state index in [4.69, 9.17) is 4.74 Å². The number of carbonyl (C=O) groups is 2. The minimum atomic E-state index is -0.659. The van der Waals surface area contributed by atoms with E-state index in [9.17, 15) is 9.59 Å². The van der Waals surface area contributed by atoms with Crippen LogP contribution in [0.3, 0.4) is 0 Å². The minimum Gasteiger partial charge on any atom is -0.445 e. The summed E-state index contributed by atoms with van der Waals surface area (Å²) in [6, 6.07) is 16.7. The lowest BCUT2D eigenvalue weighted by Crippen LogP contribution is -2.52. The van der Waals surface area contributed by atoms with Crippen molar-refractivity contribution < 1.29 is 14.3 Å². The molecule has 1 heterocycles. The molecule has 3 rings (SSSR count). The van der Waals surface area contributed by atoms with E-state index >= 15 is 0 Å². The van der Waals surface area contributed by atoms with Crippen LogP contribution in [0.5, 0.6) is 0 Å². The van der Waals surface area contributed by atoms with Crippen LogP contribution >= 0.6 is 0 Å². The Labute approximate surface area is 154 Å². The molecule has 0 bridgehead atoms. The van der Waals surface area contributed by atoms with Gasteiger partial charge in [0.2, 0.25) is 5.91 Å². The van der Waals surface area contributed by atoms with Crippen LogP contribution in [-0.2, 0) is 16.1 Å². The molecule has 0 spiro atoms. The molecular formula is C21H24N2O3. The topological polar surface area (TPSA) is 58.6 Å². The van der Waals surface area contributed by atoms with Gasteiger partial charge in [-0.05, 0) is 22.6 Å². The molecule has 2 aromatic carbocycles. The molecule has 1 aliphatic rings. The van der Waals surface area contributed by atoms with E-state index < -0.39 is 12.1 Å². The number of rotatable bonds is 4. The summed E-state index contributed by atoms with van der Waals surface area (Å²) in [5.74, 6) is 0.237. The molecule has 1 aliphatic heterocycles. The molecule has 0 aliphatic carbocycles. The second kappa shape index (κ2) is 8.04. The molecular weight excluding hydrogens is 328 g/mol. The van der Waals surface area contributed by atoms with Gasteiger partial charge < -0.3 is 10.1 Å². The summed E-state index contributed by atoms with van der Waals surface area (Å²) in [5, 5.41) is 2.84. The summed E-state index contributed by atoms with van der Waals surface area (Å²) in [4.78, 5) is 26.5. The van der Waals surface area contributed by atoms with Crippen LogP contribution in [0, 0.1) is 0 Å². The zero-order valence-electron chi connectivity index (χ0n) is 15.1. The van der Waals surface area contributed by atoms with Crippen molar-refractivity contribution >= 4 is 12.0 Å². The summed E-state index contributed by atoms with van der Waals surface area (Å²) >= 11 is 0. The maximum absolute atomic E-state index is 12.6. The van der Waals surface area contributed by atoms with E-state index in [-0.39, 0.29) is 12.5 Å². The molecule has 2 amide bonds. The first-order valence-corrected chi connectivity index (χ1v) is 8.91. The van der Waals surface area contributed by atoms with E-state index in [0.717, 1.165) is 11.1 Å². The standard InChI is InChI=1S/C21H24N2O3/c1-15(2)17-8-10-18(11-9-17)19-20(24)22-12-13-23(19)21(25)26-14-16-6-4-3-5-7-16/h3-11,15,19H,12-14H2,1-2H3,(H,22,24). The lowest BCUT2D eigenvalue weighted by atomic mass is 9.97. The van der Waals surface area contributed by atoms with E-state index in [2.05, 4.69) is 19.2 Å². The number of ether oxygens (including phenoxy) is 1. The smallest absolute Gasteiger partial charge is 0.411 e. The highest BCUT2D eigenvalue weighted by Crippen LogP contribution is 2.26. The van der Waals surface area contributed by atoms with Gasteiger partial charge in [0.05, 0.1) is 0 Å². The number of nitrogens with one attached hydrogen (secondary N) is 1. The predicted octanol–water partition coefficient (Wildman–Crippen LogP) is 3.62. The average molecular weight is 352 g/mol. The van der Waals surface area contributed by atoms with Crippen molar-refractivity contribution in [3.05, 3.63) is 71.3 Å².